The molecule has 132 valence electrons. The van der Waals surface area contributed by atoms with Gasteiger partial charge in [0.1, 0.15) is 0 Å². The third kappa shape index (κ3) is 5.52. The fourth-order valence-electron chi connectivity index (χ4n) is 2.93. The lowest BCUT2D eigenvalue weighted by Crippen LogP contribution is -2.45. The van der Waals surface area contributed by atoms with Gasteiger partial charge in [0, 0.05) is 22.0 Å². The molecule has 1 aliphatic rings. The number of piperidine rings is 1. The number of carbonyl (C=O) groups excluding carboxylic acids is 2. The Morgan fingerprint density at radius 3 is 2.88 bits per heavy atom. The smallest absolute Gasteiger partial charge is 0.316 e. The number of ether oxygens (including phenoxy) is 1. The molecule has 1 heterocycles. The first-order chi connectivity index (χ1) is 11.5. The van der Waals surface area contributed by atoms with Gasteiger partial charge in [0.2, 0.25) is 0 Å². The Labute approximate surface area is 156 Å². The summed E-state index contributed by atoms with van der Waals surface area (Å²) in [5.41, 5.74) is 1.11. The quantitative estimate of drug-likeness (QED) is 0.518. The number of likely N-dealkylation sites (tertiary alicyclic amines) is 1. The molecule has 0 aromatic heterocycles. The van der Waals surface area contributed by atoms with E-state index in [-0.39, 0.29) is 24.2 Å². The summed E-state index contributed by atoms with van der Waals surface area (Å²) in [5, 5.41) is 0. The van der Waals surface area contributed by atoms with Crippen LogP contribution in [-0.4, -0.2) is 41.7 Å². The molecule has 1 atom stereocenters. The zero-order valence-corrected chi connectivity index (χ0v) is 16.6. The average Bonchev–Trinajstić information content (AvgIpc) is 2.58. The molecule has 4 nitrogen and oxygen atoms in total. The summed E-state index contributed by atoms with van der Waals surface area (Å²) in [6.45, 7) is 4.74. The molecule has 1 amide bonds. The number of rotatable bonds is 6. The molecular formula is C18H24BrNO3S. The maximum atomic E-state index is 12.3. The van der Waals surface area contributed by atoms with Crippen LogP contribution in [0.1, 0.15) is 38.2 Å². The molecule has 1 aliphatic heterocycles. The van der Waals surface area contributed by atoms with E-state index in [1.54, 1.807) is 0 Å². The number of thioether (sulfide) groups is 1. The SMILES string of the molecule is CCC1CCCCN1C(=O)COC(=O)CSc1ccc(Br)cc1C. The van der Waals surface area contributed by atoms with Gasteiger partial charge in [-0.05, 0) is 56.4 Å². The number of hydrogen-bond acceptors (Lipinski definition) is 4. The minimum absolute atomic E-state index is 0.0697. The van der Waals surface area contributed by atoms with Crippen LogP contribution in [0.5, 0.6) is 0 Å². The van der Waals surface area contributed by atoms with Crippen LogP contribution in [0.15, 0.2) is 27.6 Å². The highest BCUT2D eigenvalue weighted by molar-refractivity contribution is 9.10. The summed E-state index contributed by atoms with van der Waals surface area (Å²) in [6.07, 6.45) is 4.22. The van der Waals surface area contributed by atoms with E-state index < -0.39 is 0 Å². The summed E-state index contributed by atoms with van der Waals surface area (Å²) in [7, 11) is 0. The molecule has 0 spiro atoms. The molecule has 0 radical (unpaired) electrons. The molecule has 1 unspecified atom stereocenters. The van der Waals surface area contributed by atoms with Crippen LogP contribution in [0.4, 0.5) is 0 Å². The zero-order valence-electron chi connectivity index (χ0n) is 14.2. The Bertz CT molecular complexity index is 594. The van der Waals surface area contributed by atoms with Crippen molar-refractivity contribution in [3.8, 4) is 0 Å². The number of halogens is 1. The highest BCUT2D eigenvalue weighted by atomic mass is 79.9. The highest BCUT2D eigenvalue weighted by Crippen LogP contribution is 2.25. The lowest BCUT2D eigenvalue weighted by molar-refractivity contribution is -0.151. The standard InChI is InChI=1S/C18H24BrNO3S/c1-3-15-6-4-5-9-20(15)17(21)11-23-18(22)12-24-16-8-7-14(19)10-13(16)2/h7-8,10,15H,3-6,9,11-12H2,1-2H3. The van der Waals surface area contributed by atoms with E-state index in [9.17, 15) is 9.59 Å². The summed E-state index contributed by atoms with van der Waals surface area (Å²) < 4.78 is 6.19. The number of amides is 1. The predicted molar refractivity (Wildman–Crippen MR) is 100 cm³/mol. The van der Waals surface area contributed by atoms with Gasteiger partial charge in [0.15, 0.2) is 6.61 Å². The van der Waals surface area contributed by atoms with Crippen molar-refractivity contribution in [1.29, 1.82) is 0 Å². The van der Waals surface area contributed by atoms with Gasteiger partial charge in [-0.2, -0.15) is 0 Å². The molecule has 1 fully saturated rings. The summed E-state index contributed by atoms with van der Waals surface area (Å²) in [6, 6.07) is 6.23. The van der Waals surface area contributed by atoms with Crippen LogP contribution in [-0.2, 0) is 14.3 Å². The van der Waals surface area contributed by atoms with E-state index in [0.717, 1.165) is 40.7 Å². The third-order valence-corrected chi connectivity index (χ3v) is 5.90. The number of nitrogens with zero attached hydrogens (tertiary/aromatic N) is 1. The Balaban J connectivity index is 1.77. The van der Waals surface area contributed by atoms with Crippen LogP contribution in [0.2, 0.25) is 0 Å². The van der Waals surface area contributed by atoms with Crippen LogP contribution < -0.4 is 0 Å². The second kappa shape index (κ2) is 9.47. The number of esters is 1. The molecular weight excluding hydrogens is 390 g/mol. The molecule has 0 N–H and O–H groups in total. The average molecular weight is 414 g/mol. The predicted octanol–water partition coefficient (Wildman–Crippen LogP) is 4.18. The monoisotopic (exact) mass is 413 g/mol. The van der Waals surface area contributed by atoms with E-state index in [1.165, 1.54) is 18.2 Å². The van der Waals surface area contributed by atoms with E-state index in [4.69, 9.17) is 4.74 Å². The second-order valence-corrected chi connectivity index (χ2v) is 7.94. The van der Waals surface area contributed by atoms with Crippen molar-refractivity contribution in [3.63, 3.8) is 0 Å². The van der Waals surface area contributed by atoms with E-state index in [2.05, 4.69) is 22.9 Å². The first kappa shape index (κ1) is 19.3. The minimum atomic E-state index is -0.347. The number of benzene rings is 1. The van der Waals surface area contributed by atoms with Gasteiger partial charge in [-0.25, -0.2) is 0 Å². The Kier molecular flexibility index (Phi) is 7.62. The van der Waals surface area contributed by atoms with Crippen LogP contribution in [0.25, 0.3) is 0 Å². The Morgan fingerprint density at radius 1 is 1.38 bits per heavy atom. The highest BCUT2D eigenvalue weighted by Gasteiger charge is 2.25. The molecule has 1 aromatic rings. The van der Waals surface area contributed by atoms with Gasteiger partial charge in [0.25, 0.3) is 5.91 Å². The minimum Gasteiger partial charge on any atom is -0.455 e. The number of hydrogen-bond donors (Lipinski definition) is 0. The van der Waals surface area contributed by atoms with Gasteiger partial charge >= 0.3 is 5.97 Å². The fourth-order valence-corrected chi connectivity index (χ4v) is 4.21. The normalized spacial score (nSPS) is 17.6. The van der Waals surface area contributed by atoms with Crippen molar-refractivity contribution in [2.75, 3.05) is 18.9 Å². The van der Waals surface area contributed by atoms with Gasteiger partial charge in [0.05, 0.1) is 5.75 Å². The number of carbonyl (C=O) groups is 2. The maximum absolute atomic E-state index is 12.3. The molecule has 0 saturated carbocycles. The largest absolute Gasteiger partial charge is 0.455 e. The first-order valence-electron chi connectivity index (χ1n) is 8.35. The van der Waals surface area contributed by atoms with Crippen molar-refractivity contribution < 1.29 is 14.3 Å². The topological polar surface area (TPSA) is 46.6 Å². The zero-order chi connectivity index (χ0) is 17.5. The van der Waals surface area contributed by atoms with E-state index in [1.807, 2.05) is 30.0 Å². The maximum Gasteiger partial charge on any atom is 0.316 e. The lowest BCUT2D eigenvalue weighted by atomic mass is 10.00. The van der Waals surface area contributed by atoms with Crippen molar-refractivity contribution in [2.24, 2.45) is 0 Å². The van der Waals surface area contributed by atoms with Crippen molar-refractivity contribution >= 4 is 39.6 Å². The van der Waals surface area contributed by atoms with Gasteiger partial charge in [-0.3, -0.25) is 9.59 Å². The van der Waals surface area contributed by atoms with Crippen molar-refractivity contribution in [3.05, 3.63) is 28.2 Å². The van der Waals surface area contributed by atoms with E-state index in [0.29, 0.717) is 6.04 Å². The molecule has 6 heteroatoms. The Hall–Kier alpha value is -1.01. The number of aryl methyl sites for hydroxylation is 1. The molecule has 1 saturated heterocycles. The fraction of sp³-hybridized carbons (Fsp3) is 0.556. The molecule has 1 aromatic carbocycles. The lowest BCUT2D eigenvalue weighted by Gasteiger charge is -2.35. The first-order valence-corrected chi connectivity index (χ1v) is 10.1. The summed E-state index contributed by atoms with van der Waals surface area (Å²) in [5.74, 6) is -0.201. The van der Waals surface area contributed by atoms with Crippen molar-refractivity contribution in [2.45, 2.75) is 50.5 Å². The van der Waals surface area contributed by atoms with E-state index >= 15 is 0 Å². The molecule has 24 heavy (non-hydrogen) atoms. The van der Waals surface area contributed by atoms with Crippen LogP contribution >= 0.6 is 27.7 Å². The molecule has 0 aliphatic carbocycles. The molecule has 2 rings (SSSR count). The van der Waals surface area contributed by atoms with Gasteiger partial charge < -0.3 is 9.64 Å². The van der Waals surface area contributed by atoms with Crippen molar-refractivity contribution in [1.82, 2.24) is 4.90 Å². The summed E-state index contributed by atoms with van der Waals surface area (Å²) in [4.78, 5) is 27.1. The molecule has 0 bridgehead atoms. The van der Waals surface area contributed by atoms with Crippen LogP contribution in [0.3, 0.4) is 0 Å². The second-order valence-electron chi connectivity index (χ2n) is 6.00. The van der Waals surface area contributed by atoms with Gasteiger partial charge in [-0.15, -0.1) is 11.8 Å². The third-order valence-electron chi connectivity index (χ3n) is 4.26. The van der Waals surface area contributed by atoms with Crippen LogP contribution in [0, 0.1) is 6.92 Å². The Morgan fingerprint density at radius 2 is 2.17 bits per heavy atom. The van der Waals surface area contributed by atoms with Gasteiger partial charge in [-0.1, -0.05) is 22.9 Å². The summed E-state index contributed by atoms with van der Waals surface area (Å²) >= 11 is 4.86.